The zero-order valence-electron chi connectivity index (χ0n) is 12.7. The van der Waals surface area contributed by atoms with Crippen molar-refractivity contribution in [1.82, 2.24) is 10.2 Å². The van der Waals surface area contributed by atoms with Crippen LogP contribution in [0.1, 0.15) is 31.4 Å². The molecule has 1 N–H and O–H groups in total. The van der Waals surface area contributed by atoms with Crippen molar-refractivity contribution in [1.29, 1.82) is 0 Å². The number of hydrogen-bond acceptors (Lipinski definition) is 2. The monoisotopic (exact) mass is 287 g/mol. The third-order valence-corrected chi connectivity index (χ3v) is 4.76. The first kappa shape index (κ1) is 14.2. The molecule has 1 aliphatic carbocycles. The molecule has 2 fully saturated rings. The maximum absolute atomic E-state index is 5.36. The molecule has 2 heterocycles. The molecular weight excluding hydrogens is 262 g/mol. The molecule has 3 rings (SSSR count). The van der Waals surface area contributed by atoms with E-state index in [0.717, 1.165) is 44.3 Å². The molecule has 0 bridgehead atoms. The highest BCUT2D eigenvalue weighted by Crippen LogP contribution is 2.47. The highest BCUT2D eigenvalue weighted by Gasteiger charge is 2.43. The van der Waals surface area contributed by atoms with Gasteiger partial charge in [-0.3, -0.25) is 4.99 Å². The predicted molar refractivity (Wildman–Crippen MR) is 85.4 cm³/mol. The zero-order valence-corrected chi connectivity index (χ0v) is 12.7. The molecule has 0 radical (unpaired) electrons. The van der Waals surface area contributed by atoms with Crippen molar-refractivity contribution < 1.29 is 4.42 Å². The number of nitrogens with one attached hydrogen (secondary N) is 1. The molecule has 0 atom stereocenters. The smallest absolute Gasteiger partial charge is 0.194 e. The molecule has 2 aliphatic rings. The normalized spacial score (nSPS) is 20.6. The lowest BCUT2D eigenvalue weighted by Gasteiger charge is -2.38. The van der Waals surface area contributed by atoms with Gasteiger partial charge in [-0.05, 0) is 36.8 Å². The second-order valence-corrected chi connectivity index (χ2v) is 6.23. The summed E-state index contributed by atoms with van der Waals surface area (Å²) in [7, 11) is 0. The van der Waals surface area contributed by atoms with Crippen LogP contribution >= 0.6 is 0 Å². The Hall–Kier alpha value is -1.71. The third-order valence-electron chi connectivity index (χ3n) is 4.76. The van der Waals surface area contributed by atoms with Crippen LogP contribution in [0, 0.1) is 5.41 Å². The minimum atomic E-state index is 0.595. The molecule has 0 aromatic carbocycles. The van der Waals surface area contributed by atoms with Gasteiger partial charge in [-0.25, -0.2) is 0 Å². The number of rotatable bonds is 5. The van der Waals surface area contributed by atoms with Crippen LogP contribution in [0.5, 0.6) is 0 Å². The van der Waals surface area contributed by atoms with E-state index in [1.807, 2.05) is 18.2 Å². The summed E-state index contributed by atoms with van der Waals surface area (Å²) in [5.74, 6) is 2.03. The Bertz CT molecular complexity index is 488. The van der Waals surface area contributed by atoms with Gasteiger partial charge in [0.05, 0.1) is 6.26 Å². The molecule has 1 aliphatic heterocycles. The lowest BCUT2D eigenvalue weighted by molar-refractivity contribution is 0.151. The third kappa shape index (κ3) is 3.31. The molecule has 0 unspecified atom stereocenters. The Labute approximate surface area is 126 Å². The number of aliphatic imine (C=N–C) groups is 1. The van der Waals surface area contributed by atoms with Gasteiger partial charge >= 0.3 is 0 Å². The summed E-state index contributed by atoms with van der Waals surface area (Å²) < 4.78 is 5.36. The van der Waals surface area contributed by atoms with E-state index in [4.69, 9.17) is 9.41 Å². The van der Waals surface area contributed by atoms with Gasteiger partial charge < -0.3 is 14.6 Å². The van der Waals surface area contributed by atoms with E-state index in [2.05, 4.69) is 16.8 Å². The molecule has 1 aromatic rings. The molecular formula is C17H25N3O. The van der Waals surface area contributed by atoms with E-state index in [9.17, 15) is 0 Å². The minimum absolute atomic E-state index is 0.595. The molecule has 21 heavy (non-hydrogen) atoms. The van der Waals surface area contributed by atoms with E-state index in [1.165, 1.54) is 25.7 Å². The van der Waals surface area contributed by atoms with Gasteiger partial charge in [0.1, 0.15) is 5.76 Å². The van der Waals surface area contributed by atoms with Crippen LogP contribution in [-0.4, -0.2) is 37.0 Å². The van der Waals surface area contributed by atoms with Gasteiger partial charge in [-0.2, -0.15) is 0 Å². The molecule has 1 spiro atoms. The molecule has 1 aromatic heterocycles. The summed E-state index contributed by atoms with van der Waals surface area (Å²) in [6.07, 6.45) is 9.97. The summed E-state index contributed by atoms with van der Waals surface area (Å²) in [4.78, 5) is 7.19. The van der Waals surface area contributed by atoms with Gasteiger partial charge in [-0.15, -0.1) is 6.58 Å². The Morgan fingerprint density at radius 1 is 1.48 bits per heavy atom. The number of furan rings is 1. The lowest BCUT2D eigenvalue weighted by Crippen LogP contribution is -2.42. The minimum Gasteiger partial charge on any atom is -0.469 e. The van der Waals surface area contributed by atoms with Crippen LogP contribution in [0.4, 0.5) is 0 Å². The van der Waals surface area contributed by atoms with E-state index in [1.54, 1.807) is 6.26 Å². The molecule has 114 valence electrons. The van der Waals surface area contributed by atoms with Crippen LogP contribution in [-0.2, 0) is 6.42 Å². The summed E-state index contributed by atoms with van der Waals surface area (Å²) in [5.41, 5.74) is 0.595. The van der Waals surface area contributed by atoms with Gasteiger partial charge in [0.15, 0.2) is 5.96 Å². The highest BCUT2D eigenvalue weighted by atomic mass is 16.3. The average Bonchev–Trinajstić information content (AvgIpc) is 3.11. The lowest BCUT2D eigenvalue weighted by atomic mass is 9.68. The van der Waals surface area contributed by atoms with E-state index >= 15 is 0 Å². The topological polar surface area (TPSA) is 40.8 Å². The van der Waals surface area contributed by atoms with Crippen molar-refractivity contribution in [3.63, 3.8) is 0 Å². The van der Waals surface area contributed by atoms with Crippen molar-refractivity contribution in [3.05, 3.63) is 36.8 Å². The number of guanidine groups is 1. The molecule has 4 heteroatoms. The first-order valence-electron chi connectivity index (χ1n) is 7.98. The van der Waals surface area contributed by atoms with Crippen molar-refractivity contribution in [3.8, 4) is 0 Å². The maximum Gasteiger partial charge on any atom is 0.194 e. The van der Waals surface area contributed by atoms with Crippen molar-refractivity contribution >= 4 is 5.96 Å². The van der Waals surface area contributed by atoms with Gasteiger partial charge in [0.2, 0.25) is 0 Å². The largest absolute Gasteiger partial charge is 0.469 e. The molecule has 1 saturated carbocycles. The predicted octanol–water partition coefficient (Wildman–Crippen LogP) is 2.83. The second kappa shape index (κ2) is 6.37. The average molecular weight is 287 g/mol. The standard InChI is InChI=1S/C17H25N3O/c1-2-10-18-16(19-11-6-15-5-3-13-21-15)20-12-9-17(14-20)7-4-8-17/h2-3,5,13H,1,4,6-12,14H2,(H,18,19). The Morgan fingerprint density at radius 3 is 3.00 bits per heavy atom. The first-order valence-corrected chi connectivity index (χ1v) is 7.98. The quantitative estimate of drug-likeness (QED) is 0.514. The Kier molecular flexibility index (Phi) is 4.32. The highest BCUT2D eigenvalue weighted by molar-refractivity contribution is 5.80. The van der Waals surface area contributed by atoms with Gasteiger partial charge in [0, 0.05) is 32.6 Å². The van der Waals surface area contributed by atoms with Crippen LogP contribution in [0.25, 0.3) is 0 Å². The van der Waals surface area contributed by atoms with Crippen LogP contribution < -0.4 is 5.32 Å². The molecule has 1 saturated heterocycles. The second-order valence-electron chi connectivity index (χ2n) is 6.23. The Balaban J connectivity index is 1.58. The first-order chi connectivity index (χ1) is 10.3. The molecule has 0 amide bonds. The van der Waals surface area contributed by atoms with Gasteiger partial charge in [-0.1, -0.05) is 12.5 Å². The summed E-state index contributed by atoms with van der Waals surface area (Å²) in [6.45, 7) is 7.60. The SMILES string of the molecule is C=CCNC(=NCCc1ccco1)N1CCC2(CCC2)C1. The summed E-state index contributed by atoms with van der Waals surface area (Å²) in [6, 6.07) is 3.93. The Morgan fingerprint density at radius 2 is 2.38 bits per heavy atom. The van der Waals surface area contributed by atoms with Crippen molar-refractivity contribution in [2.24, 2.45) is 10.4 Å². The van der Waals surface area contributed by atoms with Crippen LogP contribution in [0.15, 0.2) is 40.5 Å². The fourth-order valence-electron chi connectivity index (χ4n) is 3.36. The number of hydrogen-bond donors (Lipinski definition) is 1. The van der Waals surface area contributed by atoms with Crippen molar-refractivity contribution in [2.75, 3.05) is 26.2 Å². The van der Waals surface area contributed by atoms with E-state index in [-0.39, 0.29) is 0 Å². The fraction of sp³-hybridized carbons (Fsp3) is 0.588. The maximum atomic E-state index is 5.36. The summed E-state index contributed by atoms with van der Waals surface area (Å²) in [5, 5.41) is 3.40. The van der Waals surface area contributed by atoms with Crippen LogP contribution in [0.3, 0.4) is 0 Å². The number of nitrogens with zero attached hydrogens (tertiary/aromatic N) is 2. The van der Waals surface area contributed by atoms with Gasteiger partial charge in [0.25, 0.3) is 0 Å². The zero-order chi connectivity index (χ0) is 14.5. The van der Waals surface area contributed by atoms with Crippen LogP contribution in [0.2, 0.25) is 0 Å². The summed E-state index contributed by atoms with van der Waals surface area (Å²) >= 11 is 0. The van der Waals surface area contributed by atoms with E-state index in [0.29, 0.717) is 5.41 Å². The fourth-order valence-corrected chi connectivity index (χ4v) is 3.36. The molecule has 4 nitrogen and oxygen atoms in total. The van der Waals surface area contributed by atoms with E-state index < -0.39 is 0 Å². The van der Waals surface area contributed by atoms with Crippen molar-refractivity contribution in [2.45, 2.75) is 32.1 Å². The number of likely N-dealkylation sites (tertiary alicyclic amines) is 1.